The van der Waals surface area contributed by atoms with Crippen molar-refractivity contribution >= 4 is 23.3 Å². The summed E-state index contributed by atoms with van der Waals surface area (Å²) in [5.74, 6) is 1.58. The van der Waals surface area contributed by atoms with Crippen molar-refractivity contribution in [1.29, 1.82) is 0 Å². The molecule has 0 fully saturated rings. The molecule has 0 saturated heterocycles. The molecule has 0 atom stereocenters. The molecule has 158 valence electrons. The number of halogens is 1. The number of benzene rings is 2. The molecular formula is C22H24ClN3O4. The fourth-order valence-corrected chi connectivity index (χ4v) is 3.10. The van der Waals surface area contributed by atoms with Gasteiger partial charge in [-0.25, -0.2) is 4.68 Å². The Labute approximate surface area is 180 Å². The van der Waals surface area contributed by atoms with Gasteiger partial charge in [0.05, 0.1) is 31.7 Å². The molecule has 2 aromatic carbocycles. The molecule has 1 N–H and O–H groups in total. The summed E-state index contributed by atoms with van der Waals surface area (Å²) in [7, 11) is 0. The van der Waals surface area contributed by atoms with Gasteiger partial charge in [-0.15, -0.1) is 0 Å². The summed E-state index contributed by atoms with van der Waals surface area (Å²) in [6, 6.07) is 12.2. The maximum absolute atomic E-state index is 13.0. The van der Waals surface area contributed by atoms with Crippen LogP contribution in [0.2, 0.25) is 5.02 Å². The smallest absolute Gasteiger partial charge is 0.257 e. The average molecular weight is 430 g/mol. The number of hydrogen-bond donors (Lipinski definition) is 1. The Bertz CT molecular complexity index is 992. The predicted octanol–water partition coefficient (Wildman–Crippen LogP) is 4.97. The van der Waals surface area contributed by atoms with Crippen LogP contribution in [0.4, 0.5) is 5.82 Å². The maximum Gasteiger partial charge on any atom is 0.257 e. The number of aromatic nitrogens is 2. The van der Waals surface area contributed by atoms with Crippen molar-refractivity contribution in [3.63, 3.8) is 0 Å². The number of anilines is 1. The van der Waals surface area contributed by atoms with Crippen molar-refractivity contribution in [3.8, 4) is 22.9 Å². The molecule has 0 aliphatic carbocycles. The summed E-state index contributed by atoms with van der Waals surface area (Å²) in [6.45, 7) is 6.92. The molecule has 3 rings (SSSR count). The van der Waals surface area contributed by atoms with Crippen LogP contribution in [0.15, 0.2) is 48.7 Å². The van der Waals surface area contributed by atoms with Crippen LogP contribution in [0, 0.1) is 0 Å². The average Bonchev–Trinajstić information content (AvgIpc) is 3.18. The normalized spacial score (nSPS) is 10.5. The van der Waals surface area contributed by atoms with E-state index in [9.17, 15) is 4.79 Å². The molecule has 0 unspecified atom stereocenters. The quantitative estimate of drug-likeness (QED) is 0.519. The number of carbonyl (C=O) groups is 1. The summed E-state index contributed by atoms with van der Waals surface area (Å²) in [6.07, 6.45) is 1.60. The molecule has 0 bridgehead atoms. The minimum absolute atomic E-state index is 0.330. The zero-order valence-electron chi connectivity index (χ0n) is 17.1. The molecule has 0 aliphatic rings. The van der Waals surface area contributed by atoms with Gasteiger partial charge in [-0.3, -0.25) is 4.79 Å². The maximum atomic E-state index is 13.0. The van der Waals surface area contributed by atoms with Crippen molar-refractivity contribution < 1.29 is 19.0 Å². The second kappa shape index (κ2) is 10.0. The first-order valence-corrected chi connectivity index (χ1v) is 10.1. The zero-order valence-corrected chi connectivity index (χ0v) is 17.9. The standard InChI is InChI=1S/C22H24ClN3O4/c1-4-28-18-12-15(13-19(29-5-2)21(18)30-6-3)22(27)25-20-10-11-24-26(20)17-9-7-8-16(23)14-17/h7-14H,4-6H2,1-3H3,(H,25,27). The number of nitrogens with one attached hydrogen (secondary N) is 1. The number of rotatable bonds is 9. The number of nitrogens with zero attached hydrogens (tertiary/aromatic N) is 2. The lowest BCUT2D eigenvalue weighted by Gasteiger charge is -2.17. The van der Waals surface area contributed by atoms with E-state index in [-0.39, 0.29) is 5.91 Å². The van der Waals surface area contributed by atoms with Gasteiger partial charge >= 0.3 is 0 Å². The molecule has 0 aliphatic heterocycles. The van der Waals surface area contributed by atoms with Gasteiger partial charge in [0.1, 0.15) is 5.82 Å². The third-order valence-corrected chi connectivity index (χ3v) is 4.34. The third-order valence-electron chi connectivity index (χ3n) is 4.11. The molecule has 0 radical (unpaired) electrons. The molecule has 0 saturated carbocycles. The molecule has 30 heavy (non-hydrogen) atoms. The van der Waals surface area contributed by atoms with Crippen molar-refractivity contribution in [1.82, 2.24) is 9.78 Å². The third kappa shape index (κ3) is 4.86. The Balaban J connectivity index is 1.93. The number of ether oxygens (including phenoxy) is 3. The van der Waals surface area contributed by atoms with E-state index in [4.69, 9.17) is 25.8 Å². The van der Waals surface area contributed by atoms with Crippen LogP contribution in [0.1, 0.15) is 31.1 Å². The first-order chi connectivity index (χ1) is 14.6. The number of amides is 1. The Morgan fingerprint density at radius 2 is 1.67 bits per heavy atom. The fraction of sp³-hybridized carbons (Fsp3) is 0.273. The summed E-state index contributed by atoms with van der Waals surface area (Å²) in [4.78, 5) is 13.0. The number of carbonyl (C=O) groups excluding carboxylic acids is 1. The van der Waals surface area contributed by atoms with E-state index in [2.05, 4.69) is 10.4 Å². The SMILES string of the molecule is CCOc1cc(C(=O)Nc2ccnn2-c2cccc(Cl)c2)cc(OCC)c1OCC. The lowest BCUT2D eigenvalue weighted by Crippen LogP contribution is -2.16. The Hall–Kier alpha value is -3.19. The van der Waals surface area contributed by atoms with Gasteiger partial charge in [-0.1, -0.05) is 17.7 Å². The Morgan fingerprint density at radius 3 is 2.27 bits per heavy atom. The van der Waals surface area contributed by atoms with Gasteiger partial charge in [0.2, 0.25) is 5.75 Å². The number of hydrogen-bond acceptors (Lipinski definition) is 5. The van der Waals surface area contributed by atoms with Gasteiger partial charge in [-0.2, -0.15) is 5.10 Å². The Kier molecular flexibility index (Phi) is 7.19. The molecule has 1 amide bonds. The van der Waals surface area contributed by atoms with E-state index in [1.807, 2.05) is 32.9 Å². The van der Waals surface area contributed by atoms with Crippen molar-refractivity contribution in [2.24, 2.45) is 0 Å². The predicted molar refractivity (Wildman–Crippen MR) is 116 cm³/mol. The molecule has 1 heterocycles. The molecule has 1 aromatic heterocycles. The minimum atomic E-state index is -0.330. The van der Waals surface area contributed by atoms with E-state index in [1.165, 1.54) is 0 Å². The van der Waals surface area contributed by atoms with E-state index in [0.29, 0.717) is 53.5 Å². The highest BCUT2D eigenvalue weighted by Crippen LogP contribution is 2.39. The van der Waals surface area contributed by atoms with Crippen LogP contribution >= 0.6 is 11.6 Å². The first kappa shape index (κ1) is 21.5. The highest BCUT2D eigenvalue weighted by atomic mass is 35.5. The lowest BCUT2D eigenvalue weighted by molar-refractivity contribution is 0.102. The van der Waals surface area contributed by atoms with Crippen LogP contribution in [0.5, 0.6) is 17.2 Å². The highest BCUT2D eigenvalue weighted by Gasteiger charge is 2.19. The molecule has 7 nitrogen and oxygen atoms in total. The Morgan fingerprint density at radius 1 is 1.00 bits per heavy atom. The molecule has 0 spiro atoms. The summed E-state index contributed by atoms with van der Waals surface area (Å²) >= 11 is 6.08. The van der Waals surface area contributed by atoms with Crippen molar-refractivity contribution in [2.45, 2.75) is 20.8 Å². The van der Waals surface area contributed by atoms with Gasteiger partial charge in [0, 0.05) is 16.7 Å². The van der Waals surface area contributed by atoms with Crippen molar-refractivity contribution in [2.75, 3.05) is 25.1 Å². The largest absolute Gasteiger partial charge is 0.490 e. The monoisotopic (exact) mass is 429 g/mol. The van der Waals surface area contributed by atoms with Crippen LogP contribution in [-0.4, -0.2) is 35.5 Å². The fourth-order valence-electron chi connectivity index (χ4n) is 2.92. The van der Waals surface area contributed by atoms with E-state index in [1.54, 1.807) is 41.2 Å². The zero-order chi connectivity index (χ0) is 21.5. The second-order valence-electron chi connectivity index (χ2n) is 6.16. The van der Waals surface area contributed by atoms with Crippen molar-refractivity contribution in [3.05, 3.63) is 59.2 Å². The van der Waals surface area contributed by atoms with Crippen LogP contribution in [0.25, 0.3) is 5.69 Å². The van der Waals surface area contributed by atoms with E-state index in [0.717, 1.165) is 5.69 Å². The summed E-state index contributed by atoms with van der Waals surface area (Å²) in [5.41, 5.74) is 1.11. The van der Waals surface area contributed by atoms with Gasteiger partial charge in [0.15, 0.2) is 11.5 Å². The van der Waals surface area contributed by atoms with E-state index < -0.39 is 0 Å². The highest BCUT2D eigenvalue weighted by molar-refractivity contribution is 6.30. The van der Waals surface area contributed by atoms with Gasteiger partial charge in [-0.05, 0) is 51.1 Å². The van der Waals surface area contributed by atoms with Crippen LogP contribution in [0.3, 0.4) is 0 Å². The van der Waals surface area contributed by atoms with Gasteiger partial charge < -0.3 is 19.5 Å². The molecule has 3 aromatic rings. The van der Waals surface area contributed by atoms with E-state index >= 15 is 0 Å². The van der Waals surface area contributed by atoms with Crippen LogP contribution in [-0.2, 0) is 0 Å². The lowest BCUT2D eigenvalue weighted by atomic mass is 10.1. The van der Waals surface area contributed by atoms with Gasteiger partial charge in [0.25, 0.3) is 5.91 Å². The minimum Gasteiger partial charge on any atom is -0.490 e. The second-order valence-corrected chi connectivity index (χ2v) is 6.60. The molecular weight excluding hydrogens is 406 g/mol. The topological polar surface area (TPSA) is 74.6 Å². The summed E-state index contributed by atoms with van der Waals surface area (Å²) < 4.78 is 18.7. The first-order valence-electron chi connectivity index (χ1n) is 9.75. The summed E-state index contributed by atoms with van der Waals surface area (Å²) in [5, 5.41) is 7.74. The molecule has 8 heteroatoms. The van der Waals surface area contributed by atoms with Crippen LogP contribution < -0.4 is 19.5 Å².